The second kappa shape index (κ2) is 4.96. The van der Waals surface area contributed by atoms with Gasteiger partial charge in [-0.1, -0.05) is 15.9 Å². The van der Waals surface area contributed by atoms with Crippen LogP contribution in [0.5, 0.6) is 0 Å². The first-order chi connectivity index (χ1) is 5.17. The Hall–Kier alpha value is -0.770. The number of hydrogen-bond donors (Lipinski definition) is 0. The predicted molar refractivity (Wildman–Crippen MR) is 43.6 cm³/mol. The predicted octanol–water partition coefficient (Wildman–Crippen LogP) is 0.665. The van der Waals surface area contributed by atoms with Crippen LogP contribution in [0.4, 0.5) is 0 Å². The molecule has 0 bridgehead atoms. The fraction of sp³-hybridized carbons (Fsp3) is 0.286. The Morgan fingerprint density at radius 2 is 1.91 bits per heavy atom. The van der Waals surface area contributed by atoms with Crippen molar-refractivity contribution < 1.29 is 14.4 Å². The highest BCUT2D eigenvalue weighted by atomic mass is 79.9. The zero-order valence-electron chi connectivity index (χ0n) is 5.96. The summed E-state index contributed by atoms with van der Waals surface area (Å²) in [6.07, 6.45) is 0.887. The summed E-state index contributed by atoms with van der Waals surface area (Å²) in [5.41, 5.74) is 0.112. The maximum Gasteiger partial charge on any atom is 0.177 e. The molecule has 0 heterocycles. The van der Waals surface area contributed by atoms with Gasteiger partial charge in [0.25, 0.3) is 0 Å². The lowest BCUT2D eigenvalue weighted by Gasteiger charge is -1.94. The number of Topliss-reactive ketones (excluding diaryl/α,β-unsaturated/α-hetero) is 1. The smallest absolute Gasteiger partial charge is 0.177 e. The molecule has 60 valence electrons. The number of halogens is 1. The molecule has 0 aromatic rings. The molecule has 4 heteroatoms. The molecule has 0 amide bonds. The number of carbonyl (C=O) groups is 3. The average Bonchev–Trinajstić information content (AvgIpc) is 2.05. The first-order valence-electron chi connectivity index (χ1n) is 2.87. The Morgan fingerprint density at radius 1 is 1.36 bits per heavy atom. The molecule has 0 aliphatic rings. The van der Waals surface area contributed by atoms with Crippen LogP contribution in [0.15, 0.2) is 11.1 Å². The molecule has 0 spiro atoms. The van der Waals surface area contributed by atoms with Crippen molar-refractivity contribution >= 4 is 34.3 Å². The van der Waals surface area contributed by atoms with Crippen LogP contribution < -0.4 is 0 Å². The number of carbonyl (C=O) groups excluding carboxylic acids is 3. The molecule has 0 aliphatic carbocycles. The summed E-state index contributed by atoms with van der Waals surface area (Å²) in [7, 11) is 0. The third kappa shape index (κ3) is 2.76. The van der Waals surface area contributed by atoms with Crippen LogP contribution >= 0.6 is 15.9 Å². The van der Waals surface area contributed by atoms with Gasteiger partial charge in [-0.3, -0.25) is 14.4 Å². The van der Waals surface area contributed by atoms with Crippen LogP contribution in [0.25, 0.3) is 0 Å². The van der Waals surface area contributed by atoms with Crippen molar-refractivity contribution in [2.45, 2.75) is 6.92 Å². The van der Waals surface area contributed by atoms with E-state index in [1.807, 2.05) is 0 Å². The van der Waals surface area contributed by atoms with Gasteiger partial charge in [0, 0.05) is 5.57 Å². The molecule has 0 aromatic carbocycles. The van der Waals surface area contributed by atoms with E-state index in [9.17, 15) is 14.4 Å². The van der Waals surface area contributed by atoms with E-state index in [4.69, 9.17) is 0 Å². The van der Waals surface area contributed by atoms with Crippen LogP contribution in [-0.4, -0.2) is 23.7 Å². The molecule has 0 aliphatic heterocycles. The van der Waals surface area contributed by atoms with Gasteiger partial charge in [-0.2, -0.15) is 0 Å². The fourth-order valence-corrected chi connectivity index (χ4v) is 0.816. The lowest BCUT2D eigenvalue weighted by molar-refractivity contribution is -0.116. The summed E-state index contributed by atoms with van der Waals surface area (Å²) in [4.78, 5) is 31.2. The van der Waals surface area contributed by atoms with Crippen LogP contribution in [-0.2, 0) is 14.4 Å². The van der Waals surface area contributed by atoms with E-state index in [0.717, 1.165) is 0 Å². The van der Waals surface area contributed by atoms with E-state index in [2.05, 4.69) is 15.9 Å². The van der Waals surface area contributed by atoms with Gasteiger partial charge >= 0.3 is 0 Å². The highest BCUT2D eigenvalue weighted by molar-refractivity contribution is 9.09. The minimum Gasteiger partial charge on any atom is -0.298 e. The van der Waals surface area contributed by atoms with E-state index in [1.54, 1.807) is 0 Å². The molecule has 0 unspecified atom stereocenters. The van der Waals surface area contributed by atoms with Gasteiger partial charge in [-0.15, -0.1) is 0 Å². The monoisotopic (exact) mass is 218 g/mol. The Morgan fingerprint density at radius 3 is 2.18 bits per heavy atom. The van der Waals surface area contributed by atoms with Gasteiger partial charge in [-0.05, 0) is 6.92 Å². The maximum atomic E-state index is 10.8. The van der Waals surface area contributed by atoms with Crippen molar-refractivity contribution in [2.75, 3.05) is 5.33 Å². The van der Waals surface area contributed by atoms with Crippen molar-refractivity contribution in [3.8, 4) is 0 Å². The van der Waals surface area contributed by atoms with Gasteiger partial charge in [-0.25, -0.2) is 0 Å². The molecule has 0 radical (unpaired) electrons. The summed E-state index contributed by atoms with van der Waals surface area (Å²) < 4.78 is 0. The summed E-state index contributed by atoms with van der Waals surface area (Å²) in [5, 5.41) is 0.0618. The van der Waals surface area contributed by atoms with Gasteiger partial charge < -0.3 is 0 Å². The van der Waals surface area contributed by atoms with Gasteiger partial charge in [0.2, 0.25) is 0 Å². The Kier molecular flexibility index (Phi) is 4.61. The van der Waals surface area contributed by atoms with Gasteiger partial charge in [0.1, 0.15) is 6.29 Å². The summed E-state index contributed by atoms with van der Waals surface area (Å²) >= 11 is 2.90. The standard InChI is InChI=1S/C7H7BrO3/c1-5(3-9)6(4-10)7(11)2-8/h3-4H,2H2,1H3/b6-5-. The Balaban J connectivity index is 4.78. The van der Waals surface area contributed by atoms with Gasteiger partial charge in [0.15, 0.2) is 12.1 Å². The minimum atomic E-state index is -0.371. The highest BCUT2D eigenvalue weighted by Crippen LogP contribution is 2.01. The molecular weight excluding hydrogens is 212 g/mol. The van der Waals surface area contributed by atoms with Crippen molar-refractivity contribution in [2.24, 2.45) is 0 Å². The molecule has 0 saturated heterocycles. The normalized spacial score (nSPS) is 11.8. The van der Waals surface area contributed by atoms with Gasteiger partial charge in [0.05, 0.1) is 10.9 Å². The zero-order valence-corrected chi connectivity index (χ0v) is 7.55. The van der Waals surface area contributed by atoms with Crippen LogP contribution in [0.1, 0.15) is 6.92 Å². The number of rotatable bonds is 4. The Labute approximate surface area is 72.6 Å². The molecule has 0 fully saturated rings. The second-order valence-electron chi connectivity index (χ2n) is 1.89. The first kappa shape index (κ1) is 10.2. The number of ketones is 1. The van der Waals surface area contributed by atoms with Crippen molar-refractivity contribution in [3.63, 3.8) is 0 Å². The molecule has 0 atom stereocenters. The SMILES string of the molecule is C/C(C=O)=C(\C=O)C(=O)CBr. The largest absolute Gasteiger partial charge is 0.298 e. The third-order valence-electron chi connectivity index (χ3n) is 1.14. The zero-order chi connectivity index (χ0) is 8.85. The number of aldehydes is 2. The Bertz CT molecular complexity index is 218. The molecule has 0 N–H and O–H groups in total. The third-order valence-corrected chi connectivity index (χ3v) is 1.65. The molecule has 0 saturated carbocycles. The minimum absolute atomic E-state index is 0.0584. The highest BCUT2D eigenvalue weighted by Gasteiger charge is 2.09. The fourth-order valence-electron chi connectivity index (χ4n) is 0.514. The number of alkyl halides is 1. The van der Waals surface area contributed by atoms with E-state index in [0.29, 0.717) is 12.6 Å². The van der Waals surface area contributed by atoms with E-state index in [-0.39, 0.29) is 22.3 Å². The average molecular weight is 219 g/mol. The molecule has 0 rings (SSSR count). The van der Waals surface area contributed by atoms with Crippen LogP contribution in [0.3, 0.4) is 0 Å². The maximum absolute atomic E-state index is 10.8. The molecular formula is C7H7BrO3. The molecule has 3 nitrogen and oxygen atoms in total. The van der Waals surface area contributed by atoms with E-state index in [1.165, 1.54) is 6.92 Å². The number of hydrogen-bond acceptors (Lipinski definition) is 3. The van der Waals surface area contributed by atoms with E-state index < -0.39 is 0 Å². The first-order valence-corrected chi connectivity index (χ1v) is 4.00. The van der Waals surface area contributed by atoms with Crippen LogP contribution in [0, 0.1) is 0 Å². The summed E-state index contributed by atoms with van der Waals surface area (Å²) in [6.45, 7) is 1.43. The summed E-state index contributed by atoms with van der Waals surface area (Å²) in [5.74, 6) is -0.371. The quantitative estimate of drug-likeness (QED) is 0.229. The molecule has 0 aromatic heterocycles. The number of allylic oxidation sites excluding steroid dienone is 2. The van der Waals surface area contributed by atoms with E-state index >= 15 is 0 Å². The topological polar surface area (TPSA) is 51.2 Å². The lowest BCUT2D eigenvalue weighted by atomic mass is 10.1. The lowest BCUT2D eigenvalue weighted by Crippen LogP contribution is -2.07. The molecule has 11 heavy (non-hydrogen) atoms. The van der Waals surface area contributed by atoms with Crippen molar-refractivity contribution in [1.82, 2.24) is 0 Å². The second-order valence-corrected chi connectivity index (χ2v) is 2.45. The van der Waals surface area contributed by atoms with Crippen molar-refractivity contribution in [3.05, 3.63) is 11.1 Å². The van der Waals surface area contributed by atoms with Crippen molar-refractivity contribution in [1.29, 1.82) is 0 Å². The van der Waals surface area contributed by atoms with Crippen LogP contribution in [0.2, 0.25) is 0 Å². The summed E-state index contributed by atoms with van der Waals surface area (Å²) in [6, 6.07) is 0.